The molecule has 0 saturated heterocycles. The number of methoxy groups -OCH3 is 1. The van der Waals surface area contributed by atoms with Gasteiger partial charge in [-0.3, -0.25) is 4.72 Å². The van der Waals surface area contributed by atoms with E-state index in [2.05, 4.69) is 14.8 Å². The van der Waals surface area contributed by atoms with Gasteiger partial charge in [-0.05, 0) is 25.1 Å². The molecule has 18 heavy (non-hydrogen) atoms. The molecule has 0 radical (unpaired) electrons. The van der Waals surface area contributed by atoms with E-state index in [-0.39, 0.29) is 0 Å². The number of hydrogen-bond acceptors (Lipinski definition) is 5. The third-order valence-corrected chi connectivity index (χ3v) is 2.71. The first-order chi connectivity index (χ1) is 8.31. The van der Waals surface area contributed by atoms with Crippen molar-refractivity contribution in [1.82, 2.24) is 0 Å². The first-order valence-electron chi connectivity index (χ1n) is 5.24. The monoisotopic (exact) mass is 272 g/mol. The highest BCUT2D eigenvalue weighted by Crippen LogP contribution is 2.16. The van der Waals surface area contributed by atoms with Crippen LogP contribution in [0, 0.1) is 0 Å². The summed E-state index contributed by atoms with van der Waals surface area (Å²) < 4.78 is 29.1. The molecule has 0 aliphatic heterocycles. The number of anilines is 2. The van der Waals surface area contributed by atoms with Crippen LogP contribution in [0.25, 0.3) is 0 Å². The summed E-state index contributed by atoms with van der Waals surface area (Å²) >= 11 is 0. The summed E-state index contributed by atoms with van der Waals surface area (Å²) in [6.45, 7) is 1.66. The maximum Gasteiger partial charge on any atom is 0.327 e. The van der Waals surface area contributed by atoms with Gasteiger partial charge in [0.05, 0.1) is 19.1 Å². The normalized spacial score (nSPS) is 12.6. The highest BCUT2D eigenvalue weighted by Gasteiger charge is 2.12. The molecule has 1 atom stereocenters. The largest absolute Gasteiger partial charge is 0.467 e. The molecule has 0 aromatic heterocycles. The number of rotatable bonds is 5. The van der Waals surface area contributed by atoms with E-state index in [1.807, 2.05) is 0 Å². The standard InChI is InChI=1S/C11H16N2O4S/c1-8(11(14)17-2)12-9-5-4-6-10(7-9)13-18(3,15)16/h4-8,12-13H,1-3H3. The van der Waals surface area contributed by atoms with Crippen molar-refractivity contribution in [3.05, 3.63) is 24.3 Å². The van der Waals surface area contributed by atoms with Gasteiger partial charge in [0.15, 0.2) is 0 Å². The van der Waals surface area contributed by atoms with E-state index in [0.717, 1.165) is 6.26 Å². The molecule has 1 aromatic carbocycles. The van der Waals surface area contributed by atoms with Crippen molar-refractivity contribution in [2.75, 3.05) is 23.4 Å². The molecule has 0 aliphatic rings. The number of esters is 1. The zero-order chi connectivity index (χ0) is 13.8. The summed E-state index contributed by atoms with van der Waals surface area (Å²) in [5.74, 6) is -0.392. The zero-order valence-corrected chi connectivity index (χ0v) is 11.2. The van der Waals surface area contributed by atoms with Gasteiger partial charge in [0.25, 0.3) is 0 Å². The lowest BCUT2D eigenvalue weighted by molar-refractivity contribution is -0.141. The van der Waals surface area contributed by atoms with E-state index >= 15 is 0 Å². The van der Waals surface area contributed by atoms with Crippen LogP contribution in [-0.2, 0) is 19.6 Å². The maximum atomic E-state index is 11.2. The van der Waals surface area contributed by atoms with E-state index in [4.69, 9.17) is 0 Å². The minimum absolute atomic E-state index is 0.392. The first kappa shape index (κ1) is 14.3. The van der Waals surface area contributed by atoms with Crippen molar-refractivity contribution in [3.8, 4) is 0 Å². The summed E-state index contributed by atoms with van der Waals surface area (Å²) in [6, 6.07) is 6.12. The number of sulfonamides is 1. The number of hydrogen-bond donors (Lipinski definition) is 2. The average Bonchev–Trinajstić information content (AvgIpc) is 2.26. The van der Waals surface area contributed by atoms with Crippen molar-refractivity contribution < 1.29 is 17.9 Å². The van der Waals surface area contributed by atoms with E-state index < -0.39 is 22.0 Å². The average molecular weight is 272 g/mol. The summed E-state index contributed by atoms with van der Waals surface area (Å²) in [6.07, 6.45) is 1.07. The van der Waals surface area contributed by atoms with Crippen LogP contribution in [-0.4, -0.2) is 33.8 Å². The third-order valence-electron chi connectivity index (χ3n) is 2.10. The second kappa shape index (κ2) is 5.72. The van der Waals surface area contributed by atoms with Crippen LogP contribution in [0.5, 0.6) is 0 Å². The van der Waals surface area contributed by atoms with Crippen LogP contribution in [0.3, 0.4) is 0 Å². The van der Waals surface area contributed by atoms with Gasteiger partial charge in [-0.2, -0.15) is 0 Å². The minimum atomic E-state index is -3.31. The van der Waals surface area contributed by atoms with Crippen LogP contribution in [0.1, 0.15) is 6.92 Å². The Hall–Kier alpha value is -1.76. The van der Waals surface area contributed by atoms with Crippen molar-refractivity contribution in [3.63, 3.8) is 0 Å². The highest BCUT2D eigenvalue weighted by molar-refractivity contribution is 7.92. The Morgan fingerprint density at radius 1 is 1.33 bits per heavy atom. The van der Waals surface area contributed by atoms with Crippen molar-refractivity contribution >= 4 is 27.4 Å². The Bertz CT molecular complexity index is 528. The number of carbonyl (C=O) groups is 1. The molecule has 0 spiro atoms. The Kier molecular flexibility index (Phi) is 4.55. The van der Waals surface area contributed by atoms with Gasteiger partial charge in [-0.15, -0.1) is 0 Å². The van der Waals surface area contributed by atoms with Gasteiger partial charge in [-0.1, -0.05) is 6.07 Å². The number of carbonyl (C=O) groups excluding carboxylic acids is 1. The predicted octanol–water partition coefficient (Wildman–Crippen LogP) is 1.03. The lowest BCUT2D eigenvalue weighted by atomic mass is 10.2. The molecule has 0 bridgehead atoms. The number of benzene rings is 1. The van der Waals surface area contributed by atoms with E-state index in [0.29, 0.717) is 11.4 Å². The summed E-state index contributed by atoms with van der Waals surface area (Å²) in [7, 11) is -2.01. The molecule has 0 aliphatic carbocycles. The molecule has 0 heterocycles. The second-order valence-electron chi connectivity index (χ2n) is 3.84. The molecular formula is C11H16N2O4S. The van der Waals surface area contributed by atoms with E-state index in [1.54, 1.807) is 31.2 Å². The summed E-state index contributed by atoms with van der Waals surface area (Å²) in [5.41, 5.74) is 1.06. The smallest absolute Gasteiger partial charge is 0.327 e. The maximum absolute atomic E-state index is 11.2. The second-order valence-corrected chi connectivity index (χ2v) is 5.59. The van der Waals surface area contributed by atoms with Crippen molar-refractivity contribution in [2.24, 2.45) is 0 Å². The molecular weight excluding hydrogens is 256 g/mol. The fourth-order valence-corrected chi connectivity index (χ4v) is 1.93. The van der Waals surface area contributed by atoms with E-state index in [1.165, 1.54) is 7.11 Å². The van der Waals surface area contributed by atoms with Crippen LogP contribution < -0.4 is 10.0 Å². The topological polar surface area (TPSA) is 84.5 Å². The van der Waals surface area contributed by atoms with Gasteiger partial charge in [0, 0.05) is 5.69 Å². The Morgan fingerprint density at radius 3 is 2.50 bits per heavy atom. The van der Waals surface area contributed by atoms with E-state index in [9.17, 15) is 13.2 Å². The molecule has 0 saturated carbocycles. The molecule has 2 N–H and O–H groups in total. The SMILES string of the molecule is COC(=O)C(C)Nc1cccc(NS(C)(=O)=O)c1. The van der Waals surface area contributed by atoms with Crippen LogP contribution in [0.4, 0.5) is 11.4 Å². The highest BCUT2D eigenvalue weighted by atomic mass is 32.2. The molecule has 6 nitrogen and oxygen atoms in total. The fraction of sp³-hybridized carbons (Fsp3) is 0.364. The van der Waals surface area contributed by atoms with Crippen LogP contribution in [0.15, 0.2) is 24.3 Å². The van der Waals surface area contributed by atoms with Gasteiger partial charge < -0.3 is 10.1 Å². The summed E-state index contributed by atoms with van der Waals surface area (Å²) in [5, 5.41) is 2.91. The van der Waals surface area contributed by atoms with Crippen LogP contribution >= 0.6 is 0 Å². The van der Waals surface area contributed by atoms with Gasteiger partial charge in [0.2, 0.25) is 10.0 Å². The van der Waals surface area contributed by atoms with Gasteiger partial charge in [0.1, 0.15) is 6.04 Å². The third kappa shape index (κ3) is 4.62. The number of nitrogens with one attached hydrogen (secondary N) is 2. The summed E-state index contributed by atoms with van der Waals surface area (Å²) in [4.78, 5) is 11.2. The Morgan fingerprint density at radius 2 is 1.94 bits per heavy atom. The molecule has 1 aromatic rings. The quantitative estimate of drug-likeness (QED) is 0.782. The molecule has 0 fully saturated rings. The fourth-order valence-electron chi connectivity index (χ4n) is 1.37. The molecule has 100 valence electrons. The van der Waals surface area contributed by atoms with Crippen LogP contribution in [0.2, 0.25) is 0 Å². The molecule has 0 amide bonds. The lowest BCUT2D eigenvalue weighted by Crippen LogP contribution is -2.27. The lowest BCUT2D eigenvalue weighted by Gasteiger charge is -2.13. The molecule has 1 unspecified atom stereocenters. The zero-order valence-electron chi connectivity index (χ0n) is 10.4. The first-order valence-corrected chi connectivity index (χ1v) is 7.13. The molecule has 7 heteroatoms. The van der Waals surface area contributed by atoms with Gasteiger partial charge in [-0.25, -0.2) is 13.2 Å². The predicted molar refractivity (Wildman–Crippen MR) is 70.0 cm³/mol. The molecule has 1 rings (SSSR count). The minimum Gasteiger partial charge on any atom is -0.467 e. The van der Waals surface area contributed by atoms with Gasteiger partial charge >= 0.3 is 5.97 Å². The number of ether oxygens (including phenoxy) is 1. The Labute approximate surface area is 106 Å². The van der Waals surface area contributed by atoms with Crippen molar-refractivity contribution in [2.45, 2.75) is 13.0 Å². The Balaban J connectivity index is 2.80. The van der Waals surface area contributed by atoms with Crippen molar-refractivity contribution in [1.29, 1.82) is 0 Å².